The molecule has 14 nitrogen and oxygen atoms in total. The third-order valence-corrected chi connectivity index (χ3v) is 5.89. The van der Waals surface area contributed by atoms with Crippen molar-refractivity contribution >= 4 is 11.9 Å². The van der Waals surface area contributed by atoms with Gasteiger partial charge in [-0.3, -0.25) is 19.1 Å². The highest BCUT2D eigenvalue weighted by atomic mass is 16.6. The second-order valence-corrected chi connectivity index (χ2v) is 8.24. The van der Waals surface area contributed by atoms with Gasteiger partial charge < -0.3 is 41.3 Å². The lowest BCUT2D eigenvalue weighted by Crippen LogP contribution is -2.57. The van der Waals surface area contributed by atoms with Gasteiger partial charge in [-0.1, -0.05) is 19.1 Å². The lowest BCUT2D eigenvalue weighted by Gasteiger charge is -2.28. The van der Waals surface area contributed by atoms with E-state index >= 15 is 0 Å². The monoisotopic (exact) mass is 494 g/mol. The number of hydrogen-bond donors (Lipinski definition) is 8. The quantitative estimate of drug-likeness (QED) is 0.185. The van der Waals surface area contributed by atoms with Crippen LogP contribution in [0.25, 0.3) is 0 Å². The molecule has 0 spiro atoms. The Morgan fingerprint density at radius 2 is 1.77 bits per heavy atom. The second kappa shape index (κ2) is 10.4. The van der Waals surface area contributed by atoms with Crippen LogP contribution >= 0.6 is 0 Å². The molecule has 14 heteroatoms. The number of aliphatic hydroxyl groups is 3. The van der Waals surface area contributed by atoms with Gasteiger partial charge in [0, 0.05) is 18.2 Å². The van der Waals surface area contributed by atoms with E-state index in [1.807, 2.05) is 4.98 Å². The van der Waals surface area contributed by atoms with E-state index in [9.17, 15) is 44.7 Å². The average Bonchev–Trinajstić information content (AvgIpc) is 3.10. The van der Waals surface area contributed by atoms with Crippen molar-refractivity contribution in [2.24, 2.45) is 11.7 Å². The Kier molecular flexibility index (Phi) is 7.72. The van der Waals surface area contributed by atoms with Crippen LogP contribution < -0.4 is 22.3 Å². The number of H-pyrrole nitrogens is 1. The topological polar surface area (TPSA) is 237 Å². The Morgan fingerprint density at radius 3 is 2.34 bits per heavy atom. The number of aromatic nitrogens is 2. The van der Waals surface area contributed by atoms with Crippen LogP contribution in [-0.2, 0) is 14.3 Å². The Bertz CT molecular complexity index is 1180. The van der Waals surface area contributed by atoms with E-state index in [0.717, 1.165) is 16.8 Å². The number of phenolic OH excluding ortho intramolecular Hbond substituents is 1. The summed E-state index contributed by atoms with van der Waals surface area (Å²) >= 11 is 0. The van der Waals surface area contributed by atoms with Crippen molar-refractivity contribution in [1.82, 2.24) is 14.9 Å². The molecule has 1 aliphatic rings. The number of carboxylic acid groups (broad SMARTS) is 1. The Labute approximate surface area is 197 Å². The number of aliphatic carboxylic acids is 1. The zero-order valence-corrected chi connectivity index (χ0v) is 18.4. The third kappa shape index (κ3) is 5.41. The van der Waals surface area contributed by atoms with Crippen LogP contribution in [0.15, 0.2) is 46.1 Å². The Hall–Kier alpha value is -3.56. The number of rotatable bonds is 8. The molecule has 0 aliphatic carbocycles. The van der Waals surface area contributed by atoms with Gasteiger partial charge in [0.25, 0.3) is 5.56 Å². The van der Waals surface area contributed by atoms with Crippen LogP contribution in [-0.4, -0.2) is 77.4 Å². The van der Waals surface area contributed by atoms with Crippen molar-refractivity contribution in [1.29, 1.82) is 0 Å². The van der Waals surface area contributed by atoms with Crippen LogP contribution in [0, 0.1) is 5.92 Å². The first-order valence-electron chi connectivity index (χ1n) is 10.5. The fourth-order valence-corrected chi connectivity index (χ4v) is 3.76. The summed E-state index contributed by atoms with van der Waals surface area (Å²) in [4.78, 5) is 49.9. The van der Waals surface area contributed by atoms with E-state index in [1.165, 1.54) is 31.2 Å². The van der Waals surface area contributed by atoms with Crippen molar-refractivity contribution in [2.45, 2.75) is 49.7 Å². The maximum absolute atomic E-state index is 12.7. The van der Waals surface area contributed by atoms with Crippen molar-refractivity contribution in [3.05, 3.63) is 62.9 Å². The second-order valence-electron chi connectivity index (χ2n) is 8.24. The van der Waals surface area contributed by atoms with Gasteiger partial charge in [-0.2, -0.15) is 0 Å². The highest BCUT2D eigenvalue weighted by Crippen LogP contribution is 2.31. The number of carboxylic acids is 1. The predicted octanol–water partition coefficient (Wildman–Crippen LogP) is -2.87. The number of aliphatic hydroxyl groups excluding tert-OH is 3. The molecule has 1 aliphatic heterocycles. The molecule has 0 unspecified atom stereocenters. The van der Waals surface area contributed by atoms with Crippen LogP contribution in [0.1, 0.15) is 24.8 Å². The Balaban J connectivity index is 1.76. The molecule has 9 N–H and O–H groups in total. The number of carbonyl (C=O) groups is 2. The van der Waals surface area contributed by atoms with E-state index < -0.39 is 71.8 Å². The maximum Gasteiger partial charge on any atom is 0.330 e. The molecular weight excluding hydrogens is 468 g/mol. The highest BCUT2D eigenvalue weighted by molar-refractivity contribution is 5.87. The normalized spacial score (nSPS) is 25.4. The molecule has 1 fully saturated rings. The number of nitrogens with zero attached hydrogens (tertiary/aromatic N) is 1. The number of hydrogen-bond acceptors (Lipinski definition) is 10. The van der Waals surface area contributed by atoms with Gasteiger partial charge in [0.1, 0.15) is 24.1 Å². The molecule has 1 aromatic heterocycles. The number of aromatic hydroxyl groups is 1. The molecule has 3 rings (SSSR count). The summed E-state index contributed by atoms with van der Waals surface area (Å²) in [6, 6.07) is 3.22. The molecule has 0 radical (unpaired) electrons. The summed E-state index contributed by atoms with van der Waals surface area (Å²) in [6.07, 6.45) is -7.09. The van der Waals surface area contributed by atoms with E-state index in [2.05, 4.69) is 5.32 Å². The van der Waals surface area contributed by atoms with Crippen LogP contribution in [0.5, 0.6) is 5.75 Å². The number of amides is 1. The number of nitrogens with one attached hydrogen (secondary N) is 2. The number of aromatic amines is 1. The molecule has 1 amide bonds. The molecule has 1 aromatic carbocycles. The lowest BCUT2D eigenvalue weighted by molar-refractivity contribution is -0.149. The fraction of sp³-hybridized carbons (Fsp3) is 0.429. The number of benzene rings is 1. The first kappa shape index (κ1) is 26.1. The fourth-order valence-electron chi connectivity index (χ4n) is 3.76. The standard InChI is InChI=1S/C21H26N4O10/c1-8(14(28)9-2-4-10(26)5-3-9)12(22)18(31)24-13(20(32)33)17-15(29)16(30)19(35-17)25-7-6-11(27)23-21(25)34/h2-8,12-17,19,26,28-30H,22H2,1H3,(H,24,31)(H,32,33)(H,23,27,34)/t8-,12+,13+,14+,15-,16+,17+,19+/m1/s1. The minimum absolute atomic E-state index is 0.0281. The summed E-state index contributed by atoms with van der Waals surface area (Å²) in [5, 5.41) is 52.5. The maximum atomic E-state index is 12.7. The van der Waals surface area contributed by atoms with Gasteiger partial charge in [0.15, 0.2) is 12.3 Å². The third-order valence-electron chi connectivity index (χ3n) is 5.89. The van der Waals surface area contributed by atoms with E-state index in [0.29, 0.717) is 5.56 Å². The van der Waals surface area contributed by atoms with Gasteiger partial charge in [0.2, 0.25) is 5.91 Å². The zero-order chi connectivity index (χ0) is 26.0. The summed E-state index contributed by atoms with van der Waals surface area (Å²) in [6.45, 7) is 1.46. The lowest BCUT2D eigenvalue weighted by atomic mass is 9.90. The predicted molar refractivity (Wildman–Crippen MR) is 117 cm³/mol. The largest absolute Gasteiger partial charge is 0.508 e. The van der Waals surface area contributed by atoms with Crippen LogP contribution in [0.4, 0.5) is 0 Å². The van der Waals surface area contributed by atoms with Gasteiger partial charge in [-0.15, -0.1) is 0 Å². The first-order valence-corrected chi connectivity index (χ1v) is 10.5. The number of nitrogens with two attached hydrogens (primary N) is 1. The van der Waals surface area contributed by atoms with Crippen LogP contribution in [0.2, 0.25) is 0 Å². The van der Waals surface area contributed by atoms with Crippen LogP contribution in [0.3, 0.4) is 0 Å². The van der Waals surface area contributed by atoms with Crippen molar-refractivity contribution in [2.75, 3.05) is 0 Å². The van der Waals surface area contributed by atoms with Crippen molar-refractivity contribution in [3.63, 3.8) is 0 Å². The van der Waals surface area contributed by atoms with Gasteiger partial charge >= 0.3 is 11.7 Å². The molecule has 1 saturated heterocycles. The molecular formula is C21H26N4O10. The SMILES string of the molecule is C[C@H]([C@H](N)C(=O)N[C@H](C(=O)O)[C@@H]1O[C@H](n2ccc(=O)[nH]c2=O)[C@@H](O)[C@H]1O)[C@H](O)c1ccc(O)cc1. The van der Waals surface area contributed by atoms with E-state index in [4.69, 9.17) is 10.5 Å². The summed E-state index contributed by atoms with van der Waals surface area (Å²) < 4.78 is 6.18. The first-order chi connectivity index (χ1) is 16.4. The smallest absolute Gasteiger partial charge is 0.330 e. The highest BCUT2D eigenvalue weighted by Gasteiger charge is 2.50. The van der Waals surface area contributed by atoms with E-state index in [1.54, 1.807) is 0 Å². The minimum atomic E-state index is -1.89. The number of phenols is 1. The van der Waals surface area contributed by atoms with Crippen molar-refractivity contribution < 1.29 is 39.9 Å². The molecule has 0 bridgehead atoms. The van der Waals surface area contributed by atoms with Gasteiger partial charge in [0.05, 0.1) is 12.1 Å². The number of carbonyl (C=O) groups excluding carboxylic acids is 1. The summed E-state index contributed by atoms with van der Waals surface area (Å²) in [5.74, 6) is -3.54. The minimum Gasteiger partial charge on any atom is -0.508 e. The van der Waals surface area contributed by atoms with Gasteiger partial charge in [-0.25, -0.2) is 9.59 Å². The zero-order valence-electron chi connectivity index (χ0n) is 18.4. The average molecular weight is 494 g/mol. The molecule has 2 aromatic rings. The number of ether oxygens (including phenoxy) is 1. The molecule has 2 heterocycles. The molecule has 8 atom stereocenters. The summed E-state index contributed by atoms with van der Waals surface area (Å²) in [5.41, 5.74) is 4.62. The van der Waals surface area contributed by atoms with Gasteiger partial charge in [-0.05, 0) is 17.7 Å². The van der Waals surface area contributed by atoms with Crippen molar-refractivity contribution in [3.8, 4) is 5.75 Å². The molecule has 190 valence electrons. The molecule has 0 saturated carbocycles. The Morgan fingerprint density at radius 1 is 1.14 bits per heavy atom. The summed E-state index contributed by atoms with van der Waals surface area (Å²) in [7, 11) is 0. The van der Waals surface area contributed by atoms with E-state index in [-0.39, 0.29) is 5.75 Å². The molecule has 35 heavy (non-hydrogen) atoms.